The maximum Gasteiger partial charge on any atom is 0.122 e. The van der Waals surface area contributed by atoms with Crippen LogP contribution in [0.1, 0.15) is 23.7 Å². The van der Waals surface area contributed by atoms with Gasteiger partial charge in [0.05, 0.1) is 13.2 Å². The molecule has 0 aromatic heterocycles. The molecule has 1 heterocycles. The molecule has 3 rings (SSSR count). The number of ether oxygens (including phenoxy) is 1. The van der Waals surface area contributed by atoms with Crippen LogP contribution in [0.3, 0.4) is 0 Å². The lowest BCUT2D eigenvalue weighted by molar-refractivity contribution is 0.103. The summed E-state index contributed by atoms with van der Waals surface area (Å²) in [5, 5.41) is 10.3. The topological polar surface area (TPSA) is 35.9 Å². The van der Waals surface area contributed by atoms with Crippen LogP contribution in [-0.2, 0) is 6.42 Å². The standard InChI is InChI=1S/C22H30N2O2.2ClH/c1-26-22-10-6-5-9-20(22)11-13-23-15-17-24(18-16-23)14-12-21(25)19-7-3-2-4-8-19;;/h2-10,21,25H,11-18H2,1H3;2*1H. The third-order valence-electron chi connectivity index (χ3n) is 5.26. The molecule has 0 aliphatic carbocycles. The first-order chi connectivity index (χ1) is 12.8. The van der Waals surface area contributed by atoms with Crippen molar-refractivity contribution < 1.29 is 9.84 Å². The van der Waals surface area contributed by atoms with E-state index in [2.05, 4.69) is 21.9 Å². The molecule has 0 saturated carbocycles. The molecule has 1 aliphatic rings. The predicted molar refractivity (Wildman–Crippen MR) is 120 cm³/mol. The molecule has 4 nitrogen and oxygen atoms in total. The number of nitrogens with zero attached hydrogens (tertiary/aromatic N) is 2. The Kier molecular flexibility index (Phi) is 11.5. The molecule has 0 amide bonds. The van der Waals surface area contributed by atoms with Gasteiger partial charge < -0.3 is 19.6 Å². The van der Waals surface area contributed by atoms with Gasteiger partial charge in [-0.05, 0) is 30.0 Å². The van der Waals surface area contributed by atoms with Gasteiger partial charge in [-0.15, -0.1) is 24.8 Å². The second-order valence-electron chi connectivity index (χ2n) is 6.96. The Morgan fingerprint density at radius 1 is 0.857 bits per heavy atom. The summed E-state index contributed by atoms with van der Waals surface area (Å²) in [6.07, 6.45) is 1.46. The number of aliphatic hydroxyl groups is 1. The fourth-order valence-electron chi connectivity index (χ4n) is 3.57. The highest BCUT2D eigenvalue weighted by molar-refractivity contribution is 5.85. The van der Waals surface area contributed by atoms with Gasteiger partial charge in [0.1, 0.15) is 5.75 Å². The van der Waals surface area contributed by atoms with E-state index in [9.17, 15) is 5.11 Å². The van der Waals surface area contributed by atoms with E-state index in [1.54, 1.807) is 7.11 Å². The van der Waals surface area contributed by atoms with Gasteiger partial charge in [0.25, 0.3) is 0 Å². The maximum absolute atomic E-state index is 10.3. The van der Waals surface area contributed by atoms with Crippen molar-refractivity contribution in [3.05, 3.63) is 65.7 Å². The Balaban J connectivity index is 0.00000196. The second-order valence-corrected chi connectivity index (χ2v) is 6.96. The number of benzene rings is 2. The zero-order valence-electron chi connectivity index (χ0n) is 16.5. The van der Waals surface area contributed by atoms with Gasteiger partial charge in [-0.2, -0.15) is 0 Å². The quantitative estimate of drug-likeness (QED) is 0.695. The summed E-state index contributed by atoms with van der Waals surface area (Å²) in [6, 6.07) is 18.2. The minimum absolute atomic E-state index is 0. The van der Waals surface area contributed by atoms with Gasteiger partial charge in [0.2, 0.25) is 0 Å². The van der Waals surface area contributed by atoms with Crippen molar-refractivity contribution in [3.8, 4) is 5.75 Å². The number of para-hydroxylation sites is 1. The molecule has 0 radical (unpaired) electrons. The lowest BCUT2D eigenvalue weighted by atomic mass is 10.1. The Hall–Kier alpha value is -1.30. The molecule has 6 heteroatoms. The fourth-order valence-corrected chi connectivity index (χ4v) is 3.57. The molecule has 2 aromatic carbocycles. The lowest BCUT2D eigenvalue weighted by Crippen LogP contribution is -2.47. The average molecular weight is 427 g/mol. The van der Waals surface area contributed by atoms with Crippen LogP contribution in [0.25, 0.3) is 0 Å². The van der Waals surface area contributed by atoms with E-state index in [-0.39, 0.29) is 30.9 Å². The average Bonchev–Trinajstić information content (AvgIpc) is 2.72. The lowest BCUT2D eigenvalue weighted by Gasteiger charge is -2.35. The number of halogens is 2. The van der Waals surface area contributed by atoms with Crippen molar-refractivity contribution in [2.45, 2.75) is 18.9 Å². The van der Waals surface area contributed by atoms with E-state index in [4.69, 9.17) is 4.74 Å². The highest BCUT2D eigenvalue weighted by Crippen LogP contribution is 2.19. The molecule has 1 saturated heterocycles. The number of aliphatic hydroxyl groups excluding tert-OH is 1. The van der Waals surface area contributed by atoms with E-state index >= 15 is 0 Å². The van der Waals surface area contributed by atoms with Crippen LogP contribution in [0.4, 0.5) is 0 Å². The van der Waals surface area contributed by atoms with Crippen molar-refractivity contribution in [1.29, 1.82) is 0 Å². The summed E-state index contributed by atoms with van der Waals surface area (Å²) in [4.78, 5) is 4.99. The Bertz CT molecular complexity index is 665. The summed E-state index contributed by atoms with van der Waals surface area (Å²) in [6.45, 7) is 6.37. The monoisotopic (exact) mass is 426 g/mol. The summed E-state index contributed by atoms with van der Waals surface area (Å²) in [5.41, 5.74) is 2.30. The fraction of sp³-hybridized carbons (Fsp3) is 0.455. The second kappa shape index (κ2) is 13.0. The van der Waals surface area contributed by atoms with E-state index in [0.717, 1.165) is 63.4 Å². The van der Waals surface area contributed by atoms with Crippen molar-refractivity contribution in [2.24, 2.45) is 0 Å². The van der Waals surface area contributed by atoms with Crippen LogP contribution < -0.4 is 4.74 Å². The van der Waals surface area contributed by atoms with Crippen molar-refractivity contribution in [3.63, 3.8) is 0 Å². The SMILES string of the molecule is COc1ccccc1CCN1CCN(CCC(O)c2ccccc2)CC1.Cl.Cl. The summed E-state index contributed by atoms with van der Waals surface area (Å²) >= 11 is 0. The van der Waals surface area contributed by atoms with Crippen LogP contribution >= 0.6 is 24.8 Å². The number of rotatable bonds is 8. The van der Waals surface area contributed by atoms with Crippen LogP contribution in [0, 0.1) is 0 Å². The van der Waals surface area contributed by atoms with Gasteiger partial charge in [0.15, 0.2) is 0 Å². The third kappa shape index (κ3) is 7.26. The van der Waals surface area contributed by atoms with Crippen molar-refractivity contribution >= 4 is 24.8 Å². The minimum atomic E-state index is -0.361. The maximum atomic E-state index is 10.3. The van der Waals surface area contributed by atoms with Gasteiger partial charge in [-0.25, -0.2) is 0 Å². The number of hydrogen-bond donors (Lipinski definition) is 1. The third-order valence-corrected chi connectivity index (χ3v) is 5.26. The van der Waals surface area contributed by atoms with Gasteiger partial charge >= 0.3 is 0 Å². The highest BCUT2D eigenvalue weighted by Gasteiger charge is 2.18. The van der Waals surface area contributed by atoms with E-state index in [1.165, 1.54) is 5.56 Å². The summed E-state index contributed by atoms with van der Waals surface area (Å²) < 4.78 is 5.44. The van der Waals surface area contributed by atoms with E-state index < -0.39 is 0 Å². The minimum Gasteiger partial charge on any atom is -0.496 e. The molecule has 1 atom stereocenters. The van der Waals surface area contributed by atoms with Crippen LogP contribution in [0.15, 0.2) is 54.6 Å². The zero-order valence-corrected chi connectivity index (χ0v) is 18.1. The Morgan fingerprint density at radius 2 is 1.43 bits per heavy atom. The summed E-state index contributed by atoms with van der Waals surface area (Å²) in [7, 11) is 1.74. The van der Waals surface area contributed by atoms with E-state index in [1.807, 2.05) is 42.5 Å². The molecule has 1 unspecified atom stereocenters. The van der Waals surface area contributed by atoms with Crippen molar-refractivity contribution in [1.82, 2.24) is 9.80 Å². The summed E-state index contributed by atoms with van der Waals surface area (Å²) in [5.74, 6) is 0.987. The molecule has 1 fully saturated rings. The van der Waals surface area contributed by atoms with Gasteiger partial charge in [0, 0.05) is 39.3 Å². The highest BCUT2D eigenvalue weighted by atomic mass is 35.5. The molecule has 28 heavy (non-hydrogen) atoms. The molecule has 156 valence electrons. The largest absolute Gasteiger partial charge is 0.496 e. The number of methoxy groups -OCH3 is 1. The number of hydrogen-bond acceptors (Lipinski definition) is 4. The first-order valence-corrected chi connectivity index (χ1v) is 9.56. The first kappa shape index (κ1) is 24.7. The molecule has 0 bridgehead atoms. The Morgan fingerprint density at radius 3 is 2.07 bits per heavy atom. The molecule has 0 spiro atoms. The van der Waals surface area contributed by atoms with Crippen LogP contribution in [0.5, 0.6) is 5.75 Å². The molecular weight excluding hydrogens is 395 g/mol. The molecule has 2 aromatic rings. The predicted octanol–water partition coefficient (Wildman–Crippen LogP) is 3.82. The Labute approximate surface area is 181 Å². The van der Waals surface area contributed by atoms with Gasteiger partial charge in [-0.3, -0.25) is 0 Å². The normalized spacial score (nSPS) is 15.9. The van der Waals surface area contributed by atoms with E-state index in [0.29, 0.717) is 0 Å². The molecule has 1 aliphatic heterocycles. The van der Waals surface area contributed by atoms with Crippen molar-refractivity contribution in [2.75, 3.05) is 46.4 Å². The first-order valence-electron chi connectivity index (χ1n) is 9.56. The molecular formula is C22H32Cl2N2O2. The van der Waals surface area contributed by atoms with Crippen LogP contribution in [0.2, 0.25) is 0 Å². The zero-order chi connectivity index (χ0) is 18.2. The van der Waals surface area contributed by atoms with Gasteiger partial charge in [-0.1, -0.05) is 48.5 Å². The molecule has 1 N–H and O–H groups in total. The van der Waals surface area contributed by atoms with Crippen LogP contribution in [-0.4, -0.2) is 61.3 Å². The number of piperazine rings is 1. The smallest absolute Gasteiger partial charge is 0.122 e.